The second-order valence-electron chi connectivity index (χ2n) is 6.71. The van der Waals surface area contributed by atoms with Crippen molar-refractivity contribution in [3.63, 3.8) is 0 Å². The van der Waals surface area contributed by atoms with Gasteiger partial charge in [0.05, 0.1) is 11.4 Å². The molecular formula is C21H17F2N5O2. The Hall–Kier alpha value is -3.75. The highest BCUT2D eigenvalue weighted by Gasteiger charge is 2.26. The largest absolute Gasteiger partial charge is 0.385 e. The van der Waals surface area contributed by atoms with Crippen molar-refractivity contribution in [2.24, 2.45) is 5.16 Å². The van der Waals surface area contributed by atoms with E-state index in [1.165, 1.54) is 12.1 Å². The summed E-state index contributed by atoms with van der Waals surface area (Å²) in [6.45, 7) is 1.70. The van der Waals surface area contributed by atoms with Crippen LogP contribution in [0.15, 0.2) is 53.8 Å². The molecule has 1 aromatic carbocycles. The maximum Gasteiger partial charge on any atom is 0.270 e. The zero-order valence-corrected chi connectivity index (χ0v) is 16.0. The smallest absolute Gasteiger partial charge is 0.270 e. The first-order valence-corrected chi connectivity index (χ1v) is 9.21. The Labute approximate surface area is 170 Å². The van der Waals surface area contributed by atoms with Gasteiger partial charge in [-0.2, -0.15) is 0 Å². The molecule has 0 radical (unpaired) electrons. The maximum absolute atomic E-state index is 13.3. The number of amides is 1. The first-order valence-electron chi connectivity index (χ1n) is 9.21. The van der Waals surface area contributed by atoms with Crippen molar-refractivity contribution >= 4 is 11.6 Å². The number of hydrogen-bond acceptors (Lipinski definition) is 6. The second-order valence-corrected chi connectivity index (χ2v) is 6.71. The Bertz CT molecular complexity index is 1120. The number of benzene rings is 1. The summed E-state index contributed by atoms with van der Waals surface area (Å²) in [6.07, 6.45) is 1.83. The molecule has 1 amide bonds. The quantitative estimate of drug-likeness (QED) is 0.699. The standard InChI is InChI=1S/C21H17F2N5O2/c1-12-26-17(18-10-20(30-28-18)16-4-2-3-7-24-16)9-19(27-12)21(29)25-11-13-5-6-14(22)15(23)8-13/h2-9,20H,10-11H2,1H3,(H,25,29). The van der Waals surface area contributed by atoms with Crippen LogP contribution < -0.4 is 5.32 Å². The molecule has 1 N–H and O–H groups in total. The maximum atomic E-state index is 13.3. The number of aromatic nitrogens is 3. The second kappa shape index (κ2) is 8.32. The average Bonchev–Trinajstić information content (AvgIpc) is 3.25. The minimum absolute atomic E-state index is 0.0280. The summed E-state index contributed by atoms with van der Waals surface area (Å²) in [7, 11) is 0. The van der Waals surface area contributed by atoms with E-state index in [0.717, 1.165) is 17.8 Å². The van der Waals surface area contributed by atoms with Crippen LogP contribution in [0.3, 0.4) is 0 Å². The Morgan fingerprint density at radius 2 is 2.03 bits per heavy atom. The summed E-state index contributed by atoms with van der Waals surface area (Å²) in [4.78, 5) is 30.8. The van der Waals surface area contributed by atoms with Crippen LogP contribution >= 0.6 is 0 Å². The van der Waals surface area contributed by atoms with Gasteiger partial charge in [0, 0.05) is 19.2 Å². The van der Waals surface area contributed by atoms with Gasteiger partial charge in [-0.15, -0.1) is 0 Å². The first kappa shape index (κ1) is 19.6. The molecule has 0 saturated heterocycles. The van der Waals surface area contributed by atoms with E-state index in [4.69, 9.17) is 4.84 Å². The summed E-state index contributed by atoms with van der Waals surface area (Å²) in [5.74, 6) is -1.98. The molecule has 3 aromatic rings. The molecule has 9 heteroatoms. The number of halogens is 2. The van der Waals surface area contributed by atoms with Crippen molar-refractivity contribution in [2.75, 3.05) is 0 Å². The monoisotopic (exact) mass is 409 g/mol. The van der Waals surface area contributed by atoms with Gasteiger partial charge in [0.2, 0.25) is 0 Å². The molecule has 152 valence electrons. The van der Waals surface area contributed by atoms with Gasteiger partial charge >= 0.3 is 0 Å². The van der Waals surface area contributed by atoms with Crippen molar-refractivity contribution < 1.29 is 18.4 Å². The third-order valence-electron chi connectivity index (χ3n) is 4.49. The van der Waals surface area contributed by atoms with Crippen LogP contribution in [0.1, 0.15) is 45.8 Å². The molecule has 1 aliphatic heterocycles. The predicted octanol–water partition coefficient (Wildman–Crippen LogP) is 3.25. The summed E-state index contributed by atoms with van der Waals surface area (Å²) >= 11 is 0. The summed E-state index contributed by atoms with van der Waals surface area (Å²) in [5, 5.41) is 6.74. The van der Waals surface area contributed by atoms with Crippen LogP contribution in [0.25, 0.3) is 0 Å². The molecular weight excluding hydrogens is 392 g/mol. The third-order valence-corrected chi connectivity index (χ3v) is 4.49. The number of carbonyl (C=O) groups excluding carboxylic acids is 1. The number of aryl methyl sites for hydroxylation is 1. The fourth-order valence-corrected chi connectivity index (χ4v) is 3.01. The normalized spacial score (nSPS) is 15.4. The number of hydrogen-bond donors (Lipinski definition) is 1. The van der Waals surface area contributed by atoms with Crippen LogP contribution in [-0.4, -0.2) is 26.6 Å². The van der Waals surface area contributed by atoms with Gasteiger partial charge in [0.25, 0.3) is 5.91 Å². The van der Waals surface area contributed by atoms with Crippen LogP contribution in [0.5, 0.6) is 0 Å². The zero-order valence-electron chi connectivity index (χ0n) is 16.0. The molecule has 0 spiro atoms. The Morgan fingerprint density at radius 1 is 1.17 bits per heavy atom. The minimum Gasteiger partial charge on any atom is -0.385 e. The van der Waals surface area contributed by atoms with Gasteiger partial charge in [0.15, 0.2) is 17.7 Å². The fourth-order valence-electron chi connectivity index (χ4n) is 3.01. The van der Waals surface area contributed by atoms with E-state index in [9.17, 15) is 13.6 Å². The summed E-state index contributed by atoms with van der Waals surface area (Å²) in [6, 6.07) is 10.5. The van der Waals surface area contributed by atoms with E-state index in [1.807, 2.05) is 18.2 Å². The van der Waals surface area contributed by atoms with Gasteiger partial charge in [-0.25, -0.2) is 18.7 Å². The van der Waals surface area contributed by atoms with Crippen molar-refractivity contribution in [3.8, 4) is 0 Å². The summed E-state index contributed by atoms with van der Waals surface area (Å²) < 4.78 is 26.4. The highest BCUT2D eigenvalue weighted by molar-refractivity contribution is 6.01. The van der Waals surface area contributed by atoms with Crippen LogP contribution in [-0.2, 0) is 11.4 Å². The van der Waals surface area contributed by atoms with Crippen LogP contribution in [0, 0.1) is 18.6 Å². The van der Waals surface area contributed by atoms with Gasteiger partial charge < -0.3 is 10.2 Å². The fraction of sp³-hybridized carbons (Fsp3) is 0.190. The van der Waals surface area contributed by atoms with Crippen molar-refractivity contribution in [1.82, 2.24) is 20.3 Å². The zero-order chi connectivity index (χ0) is 21.1. The number of pyridine rings is 1. The highest BCUT2D eigenvalue weighted by atomic mass is 19.2. The van der Waals surface area contributed by atoms with Gasteiger partial charge in [-0.1, -0.05) is 17.3 Å². The number of carbonyl (C=O) groups is 1. The van der Waals surface area contributed by atoms with Crippen molar-refractivity contribution in [2.45, 2.75) is 26.0 Å². The van der Waals surface area contributed by atoms with E-state index in [1.54, 1.807) is 13.1 Å². The van der Waals surface area contributed by atoms with E-state index >= 15 is 0 Å². The molecule has 1 unspecified atom stereocenters. The molecule has 30 heavy (non-hydrogen) atoms. The van der Waals surface area contributed by atoms with E-state index in [0.29, 0.717) is 29.2 Å². The molecule has 7 nitrogen and oxygen atoms in total. The van der Waals surface area contributed by atoms with Crippen LogP contribution in [0.4, 0.5) is 8.78 Å². The lowest BCUT2D eigenvalue weighted by Crippen LogP contribution is -2.25. The molecule has 3 heterocycles. The number of nitrogens with one attached hydrogen (secondary N) is 1. The lowest BCUT2D eigenvalue weighted by atomic mass is 10.1. The molecule has 0 saturated carbocycles. The molecule has 2 aromatic heterocycles. The van der Waals surface area contributed by atoms with Crippen molar-refractivity contribution in [3.05, 3.63) is 88.8 Å². The van der Waals surface area contributed by atoms with Gasteiger partial charge in [0.1, 0.15) is 17.2 Å². The molecule has 0 fully saturated rings. The number of nitrogens with zero attached hydrogens (tertiary/aromatic N) is 4. The molecule has 4 rings (SSSR count). The first-order chi connectivity index (χ1) is 14.5. The van der Waals surface area contributed by atoms with Crippen molar-refractivity contribution in [1.29, 1.82) is 0 Å². The van der Waals surface area contributed by atoms with Gasteiger partial charge in [-0.05, 0) is 42.8 Å². The molecule has 0 aliphatic carbocycles. The molecule has 1 atom stereocenters. The lowest BCUT2D eigenvalue weighted by Gasteiger charge is -2.08. The van der Waals surface area contributed by atoms with Gasteiger partial charge in [-0.3, -0.25) is 9.78 Å². The Kier molecular flexibility index (Phi) is 5.42. The number of oxime groups is 1. The molecule has 1 aliphatic rings. The van der Waals surface area contributed by atoms with Crippen LogP contribution in [0.2, 0.25) is 0 Å². The van der Waals surface area contributed by atoms with E-state index in [-0.39, 0.29) is 18.3 Å². The molecule has 0 bridgehead atoms. The average molecular weight is 409 g/mol. The Balaban J connectivity index is 1.46. The predicted molar refractivity (Wildman–Crippen MR) is 104 cm³/mol. The number of rotatable bonds is 5. The summed E-state index contributed by atoms with van der Waals surface area (Å²) in [5.41, 5.74) is 2.40. The highest BCUT2D eigenvalue weighted by Crippen LogP contribution is 2.27. The minimum atomic E-state index is -0.969. The lowest BCUT2D eigenvalue weighted by molar-refractivity contribution is 0.0826. The van der Waals surface area contributed by atoms with E-state index < -0.39 is 17.5 Å². The van der Waals surface area contributed by atoms with E-state index in [2.05, 4.69) is 25.4 Å². The Morgan fingerprint density at radius 3 is 2.80 bits per heavy atom. The third kappa shape index (κ3) is 4.29. The SMILES string of the molecule is Cc1nc(C(=O)NCc2ccc(F)c(F)c2)cc(C2=NOC(c3ccccn3)C2)n1. The topological polar surface area (TPSA) is 89.4 Å².